The zero-order chi connectivity index (χ0) is 14.9. The van der Waals surface area contributed by atoms with Gasteiger partial charge < -0.3 is 5.32 Å². The third-order valence-corrected chi connectivity index (χ3v) is 6.32. The molecule has 5 rings (SSSR count). The van der Waals surface area contributed by atoms with Crippen LogP contribution in [0, 0.1) is 17.2 Å². The lowest BCUT2D eigenvalue weighted by atomic mass is 9.62. The molecular weight excluding hydrogens is 270 g/mol. The van der Waals surface area contributed by atoms with Gasteiger partial charge in [-0.1, -0.05) is 29.8 Å². The maximum absolute atomic E-state index is 9.88. The van der Waals surface area contributed by atoms with E-state index in [0.29, 0.717) is 12.0 Å². The number of allylic oxidation sites excluding steroid dienone is 2. The fourth-order valence-electron chi connectivity index (χ4n) is 5.39. The monoisotopic (exact) mass is 289 g/mol. The highest BCUT2D eigenvalue weighted by Gasteiger charge is 2.61. The number of anilines is 1. The van der Waals surface area contributed by atoms with Crippen LogP contribution in [0.15, 0.2) is 47.2 Å². The molecule has 0 unspecified atom stereocenters. The molecule has 3 heteroatoms. The number of nitrogens with zero attached hydrogens (tertiary/aromatic N) is 2. The number of benzene rings is 1. The Bertz CT molecular complexity index is 782. The Labute approximate surface area is 130 Å². The van der Waals surface area contributed by atoms with Crippen LogP contribution in [0.4, 0.5) is 5.69 Å². The smallest absolute Gasteiger partial charge is 0.0972 e. The molecule has 3 nitrogen and oxygen atoms in total. The average molecular weight is 289 g/mol. The van der Waals surface area contributed by atoms with Gasteiger partial charge in [0.05, 0.1) is 17.1 Å². The second-order valence-electron chi connectivity index (χ2n) is 6.93. The number of nitriles is 1. The minimum absolute atomic E-state index is 0.0391. The zero-order valence-corrected chi connectivity index (χ0v) is 12.8. The van der Waals surface area contributed by atoms with E-state index in [1.54, 1.807) is 0 Å². The molecule has 110 valence electrons. The van der Waals surface area contributed by atoms with Gasteiger partial charge in [-0.2, -0.15) is 5.26 Å². The Morgan fingerprint density at radius 1 is 1.41 bits per heavy atom. The molecule has 0 saturated carbocycles. The Kier molecular flexibility index (Phi) is 2.28. The number of fused-ring (bicyclic) bond motifs is 2. The topological polar surface area (TPSA) is 39.1 Å². The first-order valence-corrected chi connectivity index (χ1v) is 8.20. The lowest BCUT2D eigenvalue weighted by Gasteiger charge is -2.47. The molecule has 3 atom stereocenters. The summed E-state index contributed by atoms with van der Waals surface area (Å²) in [6, 6.07) is 11.8. The van der Waals surface area contributed by atoms with Crippen LogP contribution in [0.1, 0.15) is 25.3 Å². The van der Waals surface area contributed by atoms with Gasteiger partial charge in [-0.25, -0.2) is 0 Å². The molecule has 2 bridgehead atoms. The minimum Gasteiger partial charge on any atom is -0.357 e. The molecule has 1 aromatic carbocycles. The summed E-state index contributed by atoms with van der Waals surface area (Å²) in [5.41, 5.74) is 6.28. The van der Waals surface area contributed by atoms with Gasteiger partial charge in [0.1, 0.15) is 0 Å². The number of piperidine rings is 1. The average Bonchev–Trinajstić information content (AvgIpc) is 3.11. The van der Waals surface area contributed by atoms with Crippen LogP contribution in [0.2, 0.25) is 0 Å². The lowest BCUT2D eigenvalue weighted by molar-refractivity contribution is 0.167. The molecule has 1 aromatic rings. The van der Waals surface area contributed by atoms with Gasteiger partial charge in [-0.05, 0) is 31.4 Å². The van der Waals surface area contributed by atoms with Crippen molar-refractivity contribution in [3.8, 4) is 6.07 Å². The molecule has 0 amide bonds. The van der Waals surface area contributed by atoms with E-state index in [-0.39, 0.29) is 5.41 Å². The Morgan fingerprint density at radius 3 is 3.09 bits per heavy atom. The van der Waals surface area contributed by atoms with Crippen molar-refractivity contribution in [2.24, 2.45) is 5.92 Å². The summed E-state index contributed by atoms with van der Waals surface area (Å²) in [5, 5.41) is 13.5. The van der Waals surface area contributed by atoms with Crippen molar-refractivity contribution >= 4 is 5.69 Å². The van der Waals surface area contributed by atoms with E-state index in [9.17, 15) is 5.26 Å². The SMILES string of the molecule is C/C=C1\CN2CC[C@]34C(=C(C#N)[C@H]1C[C@H]23)Nc1ccccc14. The molecule has 1 spiro atoms. The number of para-hydroxylation sites is 1. The summed E-state index contributed by atoms with van der Waals surface area (Å²) in [6.07, 6.45) is 4.46. The predicted molar refractivity (Wildman–Crippen MR) is 86.2 cm³/mol. The fourth-order valence-corrected chi connectivity index (χ4v) is 5.39. The van der Waals surface area contributed by atoms with Gasteiger partial charge in [0.15, 0.2) is 0 Å². The molecule has 1 N–H and O–H groups in total. The largest absolute Gasteiger partial charge is 0.357 e. The van der Waals surface area contributed by atoms with Crippen LogP contribution < -0.4 is 5.32 Å². The minimum atomic E-state index is 0.0391. The van der Waals surface area contributed by atoms with Crippen LogP contribution in [0.3, 0.4) is 0 Å². The molecule has 0 aromatic heterocycles. The molecule has 3 aliphatic heterocycles. The van der Waals surface area contributed by atoms with Crippen molar-refractivity contribution in [1.82, 2.24) is 4.90 Å². The van der Waals surface area contributed by atoms with E-state index >= 15 is 0 Å². The first kappa shape index (κ1) is 12.5. The number of hydrogen-bond acceptors (Lipinski definition) is 3. The normalized spacial score (nSPS) is 36.8. The quantitative estimate of drug-likeness (QED) is 0.746. The van der Waals surface area contributed by atoms with Crippen LogP contribution in [-0.2, 0) is 5.41 Å². The zero-order valence-electron chi connectivity index (χ0n) is 12.8. The third kappa shape index (κ3) is 1.22. The van der Waals surface area contributed by atoms with Gasteiger partial charge in [0, 0.05) is 36.4 Å². The second kappa shape index (κ2) is 4.02. The van der Waals surface area contributed by atoms with E-state index < -0.39 is 0 Å². The Hall–Kier alpha value is -2.05. The second-order valence-corrected chi connectivity index (χ2v) is 6.93. The molecule has 2 saturated heterocycles. The van der Waals surface area contributed by atoms with Crippen LogP contribution in [-0.4, -0.2) is 24.0 Å². The van der Waals surface area contributed by atoms with Gasteiger partial charge in [0.2, 0.25) is 0 Å². The number of rotatable bonds is 0. The van der Waals surface area contributed by atoms with Gasteiger partial charge in [-0.15, -0.1) is 0 Å². The molecular formula is C19H19N3. The van der Waals surface area contributed by atoms with E-state index in [1.807, 2.05) is 0 Å². The first-order valence-electron chi connectivity index (χ1n) is 8.20. The van der Waals surface area contributed by atoms with Crippen LogP contribution >= 0.6 is 0 Å². The van der Waals surface area contributed by atoms with Crippen molar-refractivity contribution in [2.45, 2.75) is 31.2 Å². The summed E-state index contributed by atoms with van der Waals surface area (Å²) in [5.74, 6) is 0.319. The highest BCUT2D eigenvalue weighted by atomic mass is 15.2. The van der Waals surface area contributed by atoms with E-state index in [4.69, 9.17) is 0 Å². The fraction of sp³-hybridized carbons (Fsp3) is 0.421. The molecule has 2 fully saturated rings. The van der Waals surface area contributed by atoms with Crippen molar-refractivity contribution in [2.75, 3.05) is 18.4 Å². The van der Waals surface area contributed by atoms with Gasteiger partial charge in [0.25, 0.3) is 0 Å². The number of nitrogens with one attached hydrogen (secondary N) is 1. The van der Waals surface area contributed by atoms with E-state index in [1.165, 1.54) is 22.5 Å². The highest BCUT2D eigenvalue weighted by molar-refractivity contribution is 5.73. The van der Waals surface area contributed by atoms with Crippen LogP contribution in [0.25, 0.3) is 0 Å². The standard InChI is InChI=1S/C19H19N3/c1-2-12-11-22-8-7-19-15-5-3-4-6-16(15)21-18(19)14(10-20)13(12)9-17(19)22/h2-6,13,17,21H,7-9,11H2,1H3/b12-2+/t13-,17-,19+/m0/s1. The Morgan fingerprint density at radius 2 is 2.27 bits per heavy atom. The molecule has 3 heterocycles. The maximum atomic E-state index is 9.88. The Balaban J connectivity index is 1.83. The van der Waals surface area contributed by atoms with Crippen LogP contribution in [0.5, 0.6) is 0 Å². The first-order chi connectivity index (χ1) is 10.8. The van der Waals surface area contributed by atoms with E-state index in [0.717, 1.165) is 31.5 Å². The van der Waals surface area contributed by atoms with E-state index in [2.05, 4.69) is 53.6 Å². The van der Waals surface area contributed by atoms with Crippen molar-refractivity contribution in [3.05, 3.63) is 52.7 Å². The van der Waals surface area contributed by atoms with Crippen molar-refractivity contribution < 1.29 is 0 Å². The summed E-state index contributed by atoms with van der Waals surface area (Å²) in [4.78, 5) is 2.64. The van der Waals surface area contributed by atoms with Crippen molar-refractivity contribution in [1.29, 1.82) is 5.26 Å². The summed E-state index contributed by atoms with van der Waals surface area (Å²) in [6.45, 7) is 4.28. The highest BCUT2D eigenvalue weighted by Crippen LogP contribution is 2.60. The summed E-state index contributed by atoms with van der Waals surface area (Å²) < 4.78 is 0. The molecule has 4 aliphatic rings. The molecule has 1 aliphatic carbocycles. The third-order valence-electron chi connectivity index (χ3n) is 6.32. The predicted octanol–water partition coefficient (Wildman–Crippen LogP) is 3.18. The number of hydrogen-bond donors (Lipinski definition) is 1. The molecule has 22 heavy (non-hydrogen) atoms. The lowest BCUT2D eigenvalue weighted by Crippen LogP contribution is -2.52. The van der Waals surface area contributed by atoms with Crippen molar-refractivity contribution in [3.63, 3.8) is 0 Å². The molecule has 0 radical (unpaired) electrons. The summed E-state index contributed by atoms with van der Waals surface area (Å²) in [7, 11) is 0. The van der Waals surface area contributed by atoms with Gasteiger partial charge >= 0.3 is 0 Å². The maximum Gasteiger partial charge on any atom is 0.0972 e. The summed E-state index contributed by atoms with van der Waals surface area (Å²) >= 11 is 0. The van der Waals surface area contributed by atoms with Gasteiger partial charge in [-0.3, -0.25) is 4.90 Å².